The lowest BCUT2D eigenvalue weighted by Gasteiger charge is -2.16. The Morgan fingerprint density at radius 1 is 1.06 bits per heavy atom. The van der Waals surface area contributed by atoms with E-state index in [1.807, 2.05) is 36.1 Å². The minimum atomic E-state index is 0.00116. The van der Waals surface area contributed by atoms with Gasteiger partial charge in [-0.05, 0) is 33.9 Å². The average molecular weight is 478 g/mol. The fraction of sp³-hybridized carbons (Fsp3) is 0.214. The quantitative estimate of drug-likeness (QED) is 0.459. The molecule has 8 heteroatoms. The second-order valence-electron chi connectivity index (χ2n) is 9.16. The molecule has 0 saturated heterocycles. The van der Waals surface area contributed by atoms with Crippen LogP contribution in [0.15, 0.2) is 101 Å². The standard InChI is InChI=1S/C19H18N6O.C9H9N/c1-20-18-16-12-25(23-19(16)22-13-21-18)11-15-7-5-14(6-8-15)10-24-9-3-2-4-17(24)26;1-2-8-7-3-6(1)9(8)5-10-4-7/h2-9,12-13H,10-11H2,1H3,(H,20,21,22,23);1-3,9-10H,4-5H2. The number of fused-ring (bicyclic) bond motifs is 1. The topological polar surface area (TPSA) is 89.7 Å². The van der Waals surface area contributed by atoms with Crippen LogP contribution in [-0.2, 0) is 13.1 Å². The van der Waals surface area contributed by atoms with Gasteiger partial charge < -0.3 is 15.2 Å². The minimum absolute atomic E-state index is 0.00116. The zero-order chi connectivity index (χ0) is 24.5. The molecule has 2 aliphatic carbocycles. The van der Waals surface area contributed by atoms with E-state index in [2.05, 4.69) is 56.1 Å². The highest BCUT2D eigenvalue weighted by atomic mass is 16.1. The highest BCUT2D eigenvalue weighted by molar-refractivity contribution is 5.85. The summed E-state index contributed by atoms with van der Waals surface area (Å²) in [6, 6.07) is 13.4. The van der Waals surface area contributed by atoms with Crippen LogP contribution in [0.3, 0.4) is 0 Å². The van der Waals surface area contributed by atoms with E-state index in [4.69, 9.17) is 0 Å². The Balaban J connectivity index is 0.000000197. The Kier molecular flexibility index (Phi) is 5.79. The van der Waals surface area contributed by atoms with E-state index < -0.39 is 0 Å². The molecule has 1 atom stereocenters. The molecular weight excluding hydrogens is 450 g/mol. The van der Waals surface area contributed by atoms with Crippen molar-refractivity contribution < 1.29 is 0 Å². The summed E-state index contributed by atoms with van der Waals surface area (Å²) < 4.78 is 3.55. The number of benzene rings is 1. The van der Waals surface area contributed by atoms with Crippen LogP contribution in [0.2, 0.25) is 0 Å². The van der Waals surface area contributed by atoms with E-state index in [1.54, 1.807) is 28.5 Å². The lowest BCUT2D eigenvalue weighted by Crippen LogP contribution is -2.27. The van der Waals surface area contributed by atoms with Gasteiger partial charge in [0.15, 0.2) is 5.65 Å². The van der Waals surface area contributed by atoms with E-state index in [0.717, 1.165) is 41.3 Å². The molecule has 4 heterocycles. The Labute approximate surface area is 208 Å². The van der Waals surface area contributed by atoms with Gasteiger partial charge in [0.25, 0.3) is 5.56 Å². The van der Waals surface area contributed by atoms with Crippen molar-refractivity contribution in [3.05, 3.63) is 118 Å². The van der Waals surface area contributed by atoms with Crippen LogP contribution in [0.4, 0.5) is 5.82 Å². The summed E-state index contributed by atoms with van der Waals surface area (Å²) in [4.78, 5) is 20.2. The molecule has 1 aliphatic heterocycles. The van der Waals surface area contributed by atoms with Crippen molar-refractivity contribution in [2.24, 2.45) is 5.92 Å². The zero-order valence-electron chi connectivity index (χ0n) is 20.1. The first-order chi connectivity index (χ1) is 17.7. The third-order valence-corrected chi connectivity index (χ3v) is 6.83. The highest BCUT2D eigenvalue weighted by Crippen LogP contribution is 2.40. The van der Waals surface area contributed by atoms with Crippen LogP contribution >= 0.6 is 0 Å². The number of allylic oxidation sites excluding steroid dienone is 2. The molecule has 180 valence electrons. The van der Waals surface area contributed by atoms with Crippen LogP contribution in [-0.4, -0.2) is 44.5 Å². The van der Waals surface area contributed by atoms with Gasteiger partial charge in [-0.2, -0.15) is 5.10 Å². The molecule has 0 saturated carbocycles. The largest absolute Gasteiger partial charge is 0.372 e. The maximum atomic E-state index is 11.8. The monoisotopic (exact) mass is 477 g/mol. The molecule has 3 aliphatic rings. The fourth-order valence-corrected chi connectivity index (χ4v) is 4.98. The normalized spacial score (nSPS) is 17.2. The lowest BCUT2D eigenvalue weighted by atomic mass is 9.99. The highest BCUT2D eigenvalue weighted by Gasteiger charge is 2.31. The first-order valence-electron chi connectivity index (χ1n) is 12.1. The van der Waals surface area contributed by atoms with Gasteiger partial charge in [0, 0.05) is 44.5 Å². The summed E-state index contributed by atoms with van der Waals surface area (Å²) in [7, 11) is 1.83. The van der Waals surface area contributed by atoms with Crippen LogP contribution in [0.25, 0.3) is 11.0 Å². The molecule has 0 spiro atoms. The number of hydrogen-bond acceptors (Lipinski definition) is 6. The Morgan fingerprint density at radius 2 is 1.89 bits per heavy atom. The predicted molar refractivity (Wildman–Crippen MR) is 141 cm³/mol. The first kappa shape index (κ1) is 22.2. The zero-order valence-corrected chi connectivity index (χ0v) is 20.1. The summed E-state index contributed by atoms with van der Waals surface area (Å²) in [6.07, 6.45) is 12.1. The van der Waals surface area contributed by atoms with Crippen molar-refractivity contribution in [2.45, 2.75) is 13.1 Å². The third-order valence-electron chi connectivity index (χ3n) is 6.83. The Bertz CT molecular complexity index is 1570. The molecule has 0 fully saturated rings. The van der Waals surface area contributed by atoms with Gasteiger partial charge in [0.2, 0.25) is 0 Å². The number of rotatable bonds is 5. The van der Waals surface area contributed by atoms with E-state index in [1.165, 1.54) is 17.5 Å². The SMILES string of the molecule is C1=CC2=C3C=C1C2CNC3.CNc1ncnc2nn(Cc3ccc(Cn4ccccc4=O)cc3)cc12. The van der Waals surface area contributed by atoms with Crippen molar-refractivity contribution in [3.8, 4) is 0 Å². The smallest absolute Gasteiger partial charge is 0.250 e. The molecule has 1 aromatic carbocycles. The van der Waals surface area contributed by atoms with Crippen molar-refractivity contribution >= 4 is 16.9 Å². The molecule has 0 amide bonds. The number of nitrogens with one attached hydrogen (secondary N) is 2. The molecule has 3 aromatic heterocycles. The molecule has 2 N–H and O–H groups in total. The van der Waals surface area contributed by atoms with Crippen LogP contribution < -0.4 is 16.2 Å². The van der Waals surface area contributed by atoms with E-state index in [-0.39, 0.29) is 5.56 Å². The van der Waals surface area contributed by atoms with Crippen LogP contribution in [0.5, 0.6) is 0 Å². The van der Waals surface area contributed by atoms with Gasteiger partial charge in [-0.3, -0.25) is 9.48 Å². The fourth-order valence-electron chi connectivity index (χ4n) is 4.98. The summed E-state index contributed by atoms with van der Waals surface area (Å²) in [5.41, 5.74) is 7.50. The van der Waals surface area contributed by atoms with Crippen molar-refractivity contribution in [1.29, 1.82) is 0 Å². The van der Waals surface area contributed by atoms with Gasteiger partial charge >= 0.3 is 0 Å². The van der Waals surface area contributed by atoms with Gasteiger partial charge in [0.05, 0.1) is 18.5 Å². The van der Waals surface area contributed by atoms with Crippen LogP contribution in [0, 0.1) is 5.92 Å². The molecular formula is C28H27N7O. The molecule has 4 bridgehead atoms. The molecule has 36 heavy (non-hydrogen) atoms. The summed E-state index contributed by atoms with van der Waals surface area (Å²) in [5.74, 6) is 1.49. The van der Waals surface area contributed by atoms with Crippen molar-refractivity contribution in [3.63, 3.8) is 0 Å². The van der Waals surface area contributed by atoms with Gasteiger partial charge in [-0.25, -0.2) is 9.97 Å². The third kappa shape index (κ3) is 4.27. The minimum Gasteiger partial charge on any atom is -0.372 e. The second kappa shape index (κ2) is 9.39. The summed E-state index contributed by atoms with van der Waals surface area (Å²) in [6.45, 7) is 3.44. The van der Waals surface area contributed by atoms with E-state index in [0.29, 0.717) is 18.7 Å². The lowest BCUT2D eigenvalue weighted by molar-refractivity contribution is 0.623. The number of pyridine rings is 1. The van der Waals surface area contributed by atoms with Crippen molar-refractivity contribution in [2.75, 3.05) is 25.5 Å². The number of hydrogen-bond donors (Lipinski definition) is 2. The van der Waals surface area contributed by atoms with E-state index >= 15 is 0 Å². The number of aromatic nitrogens is 5. The maximum absolute atomic E-state index is 11.8. The van der Waals surface area contributed by atoms with Gasteiger partial charge in [-0.1, -0.05) is 48.6 Å². The van der Waals surface area contributed by atoms with Crippen LogP contribution in [0.1, 0.15) is 11.1 Å². The molecule has 0 radical (unpaired) electrons. The van der Waals surface area contributed by atoms with E-state index in [9.17, 15) is 4.79 Å². The van der Waals surface area contributed by atoms with Gasteiger partial charge in [0.1, 0.15) is 12.1 Å². The Hall–Kier alpha value is -4.30. The first-order valence-corrected chi connectivity index (χ1v) is 12.1. The Morgan fingerprint density at radius 3 is 2.64 bits per heavy atom. The number of anilines is 1. The summed E-state index contributed by atoms with van der Waals surface area (Å²) in [5, 5.41) is 11.8. The second-order valence-corrected chi connectivity index (χ2v) is 9.16. The predicted octanol–water partition coefficient (Wildman–Crippen LogP) is 3.14. The van der Waals surface area contributed by atoms with Crippen molar-refractivity contribution in [1.82, 2.24) is 29.6 Å². The molecule has 7 rings (SSSR count). The molecule has 1 unspecified atom stereocenters. The maximum Gasteiger partial charge on any atom is 0.250 e. The number of nitrogens with zero attached hydrogens (tertiary/aromatic N) is 5. The average Bonchev–Trinajstić information content (AvgIpc) is 3.56. The summed E-state index contributed by atoms with van der Waals surface area (Å²) >= 11 is 0. The van der Waals surface area contributed by atoms with Gasteiger partial charge in [-0.15, -0.1) is 0 Å². The molecule has 8 nitrogen and oxygen atoms in total. The molecule has 4 aromatic rings.